The van der Waals surface area contributed by atoms with Crippen LogP contribution in [-0.2, 0) is 4.74 Å². The zero-order valence-electron chi connectivity index (χ0n) is 16.6. The zero-order valence-corrected chi connectivity index (χ0v) is 16.6. The number of nitriles is 1. The molecule has 0 saturated carbocycles. The van der Waals surface area contributed by atoms with Crippen LogP contribution in [0.15, 0.2) is 76.9 Å². The number of halogens is 2. The Hall–Kier alpha value is -3.43. The summed E-state index contributed by atoms with van der Waals surface area (Å²) in [5.41, 5.74) is 8.68. The molecule has 4 rings (SSSR count). The van der Waals surface area contributed by atoms with Crippen LogP contribution in [0.4, 0.5) is 8.78 Å². The topological polar surface area (TPSA) is 63.5 Å². The molecular formula is C24H22F2N3O+. The fourth-order valence-corrected chi connectivity index (χ4v) is 4.13. The number of rotatable bonds is 3. The van der Waals surface area contributed by atoms with Gasteiger partial charge in [-0.2, -0.15) is 5.26 Å². The standard InChI is InChI=1S/C24H21F2N3O/c1-2-29-13-16(11-15-7-3-5-9-20(15)25)23-19(14-29)22(18(12-27)24(28)30-23)17-8-4-6-10-21(17)26/h3-11,22H,2,13-14,28H2,1H3/p+1/b16-11+/t22-/m0/s1. The molecule has 1 unspecified atom stereocenters. The van der Waals surface area contributed by atoms with E-state index in [0.29, 0.717) is 30.0 Å². The second-order valence-electron chi connectivity index (χ2n) is 7.45. The highest BCUT2D eigenvalue weighted by Gasteiger charge is 2.40. The van der Waals surface area contributed by atoms with E-state index in [1.807, 2.05) is 0 Å². The molecule has 0 fully saturated rings. The maximum absolute atomic E-state index is 14.7. The molecule has 0 aromatic heterocycles. The number of nitrogens with zero attached hydrogens (tertiary/aromatic N) is 1. The molecule has 0 aliphatic carbocycles. The number of quaternary nitrogens is 1. The van der Waals surface area contributed by atoms with Crippen LogP contribution in [0.1, 0.15) is 24.0 Å². The van der Waals surface area contributed by atoms with Crippen molar-refractivity contribution >= 4 is 6.08 Å². The van der Waals surface area contributed by atoms with Gasteiger partial charge in [0.1, 0.15) is 42.1 Å². The average Bonchev–Trinajstić information content (AvgIpc) is 2.75. The van der Waals surface area contributed by atoms with E-state index in [4.69, 9.17) is 10.5 Å². The summed E-state index contributed by atoms with van der Waals surface area (Å²) in [6, 6.07) is 15.0. The van der Waals surface area contributed by atoms with E-state index in [-0.39, 0.29) is 17.3 Å². The van der Waals surface area contributed by atoms with Crippen molar-refractivity contribution in [1.29, 1.82) is 5.26 Å². The summed E-state index contributed by atoms with van der Waals surface area (Å²) in [6.45, 7) is 4.07. The summed E-state index contributed by atoms with van der Waals surface area (Å²) in [7, 11) is 0. The molecule has 6 heteroatoms. The van der Waals surface area contributed by atoms with Crippen LogP contribution >= 0.6 is 0 Å². The average molecular weight is 406 g/mol. The molecule has 2 aromatic rings. The Labute approximate surface area is 174 Å². The quantitative estimate of drug-likeness (QED) is 0.824. The zero-order chi connectivity index (χ0) is 21.3. The lowest BCUT2D eigenvalue weighted by molar-refractivity contribution is -0.890. The van der Waals surface area contributed by atoms with Gasteiger partial charge >= 0.3 is 0 Å². The van der Waals surface area contributed by atoms with Gasteiger partial charge in [0, 0.05) is 22.3 Å². The molecule has 0 radical (unpaired) electrons. The first-order valence-corrected chi connectivity index (χ1v) is 9.87. The third-order valence-corrected chi connectivity index (χ3v) is 5.65. The molecular weight excluding hydrogens is 384 g/mol. The molecule has 2 heterocycles. The smallest absolute Gasteiger partial charge is 0.205 e. The van der Waals surface area contributed by atoms with Crippen LogP contribution < -0.4 is 10.6 Å². The summed E-state index contributed by atoms with van der Waals surface area (Å²) in [4.78, 5) is 1.21. The van der Waals surface area contributed by atoms with Gasteiger partial charge in [0.2, 0.25) is 5.88 Å². The summed E-state index contributed by atoms with van der Waals surface area (Å²) in [6.07, 6.45) is 1.75. The summed E-state index contributed by atoms with van der Waals surface area (Å²) < 4.78 is 34.9. The number of hydrogen-bond donors (Lipinski definition) is 2. The van der Waals surface area contributed by atoms with Crippen LogP contribution in [0.25, 0.3) is 6.08 Å². The van der Waals surface area contributed by atoms with E-state index >= 15 is 0 Å². The van der Waals surface area contributed by atoms with Gasteiger partial charge in [0.25, 0.3) is 0 Å². The number of benzene rings is 2. The SMILES string of the molecule is CC[NH+]1CC2=C(OC(N)=C(C#N)[C@@H]2c2ccccc2F)/C(=C/c2ccccc2F)C1. The molecule has 30 heavy (non-hydrogen) atoms. The Kier molecular flexibility index (Phi) is 5.39. The molecule has 4 nitrogen and oxygen atoms in total. The number of allylic oxidation sites excluding steroid dienone is 1. The molecule has 0 bridgehead atoms. The minimum Gasteiger partial charge on any atom is -0.440 e. The largest absolute Gasteiger partial charge is 0.440 e. The predicted octanol–water partition coefficient (Wildman–Crippen LogP) is 3.03. The normalized spacial score (nSPS) is 22.5. The lowest BCUT2D eigenvalue weighted by atomic mass is 9.80. The summed E-state index contributed by atoms with van der Waals surface area (Å²) >= 11 is 0. The van der Waals surface area contributed by atoms with E-state index in [1.165, 1.54) is 17.0 Å². The van der Waals surface area contributed by atoms with Gasteiger partial charge in [-0.25, -0.2) is 8.78 Å². The van der Waals surface area contributed by atoms with Crippen LogP contribution in [0.5, 0.6) is 0 Å². The minimum atomic E-state index is -0.633. The second-order valence-corrected chi connectivity index (χ2v) is 7.45. The fraction of sp³-hybridized carbons (Fsp3) is 0.208. The molecule has 0 saturated heterocycles. The van der Waals surface area contributed by atoms with Gasteiger partial charge in [-0.15, -0.1) is 0 Å². The van der Waals surface area contributed by atoms with Gasteiger partial charge in [-0.05, 0) is 25.1 Å². The predicted molar refractivity (Wildman–Crippen MR) is 110 cm³/mol. The number of ether oxygens (including phenoxy) is 1. The molecule has 152 valence electrons. The van der Waals surface area contributed by atoms with E-state index in [9.17, 15) is 14.0 Å². The van der Waals surface area contributed by atoms with Gasteiger partial charge < -0.3 is 15.4 Å². The molecule has 2 aliphatic rings. The molecule has 0 amide bonds. The van der Waals surface area contributed by atoms with E-state index in [2.05, 4.69) is 13.0 Å². The lowest BCUT2D eigenvalue weighted by Gasteiger charge is -2.36. The molecule has 3 N–H and O–H groups in total. The van der Waals surface area contributed by atoms with E-state index < -0.39 is 11.7 Å². The maximum Gasteiger partial charge on any atom is 0.205 e. The van der Waals surface area contributed by atoms with E-state index in [1.54, 1.807) is 42.5 Å². The van der Waals surface area contributed by atoms with Crippen molar-refractivity contribution in [2.24, 2.45) is 5.73 Å². The Morgan fingerprint density at radius 2 is 1.83 bits per heavy atom. The van der Waals surface area contributed by atoms with Gasteiger partial charge in [0.15, 0.2) is 0 Å². The first-order chi connectivity index (χ1) is 14.5. The van der Waals surface area contributed by atoms with Crippen molar-refractivity contribution in [3.05, 3.63) is 99.7 Å². The highest BCUT2D eigenvalue weighted by Crippen LogP contribution is 2.42. The van der Waals surface area contributed by atoms with Crippen LogP contribution in [-0.4, -0.2) is 19.6 Å². The highest BCUT2D eigenvalue weighted by atomic mass is 19.1. The number of nitrogens with two attached hydrogens (primary N) is 1. The number of likely N-dealkylation sites (N-methyl/N-ethyl adjacent to an activating group) is 1. The molecule has 2 aromatic carbocycles. The maximum atomic E-state index is 14.7. The Bertz CT molecular complexity index is 1130. The van der Waals surface area contributed by atoms with Crippen molar-refractivity contribution in [1.82, 2.24) is 0 Å². The minimum absolute atomic E-state index is 0.0381. The van der Waals surface area contributed by atoms with Gasteiger partial charge in [0.05, 0.1) is 12.5 Å². The van der Waals surface area contributed by atoms with Crippen LogP contribution in [0.2, 0.25) is 0 Å². The number of nitrogens with one attached hydrogen (secondary N) is 1. The van der Waals surface area contributed by atoms with Crippen molar-refractivity contribution in [2.75, 3.05) is 19.6 Å². The van der Waals surface area contributed by atoms with Crippen molar-refractivity contribution < 1.29 is 18.4 Å². The third kappa shape index (κ3) is 3.49. The highest BCUT2D eigenvalue weighted by molar-refractivity contribution is 5.62. The van der Waals surface area contributed by atoms with Gasteiger partial charge in [-0.3, -0.25) is 0 Å². The lowest BCUT2D eigenvalue weighted by Crippen LogP contribution is -3.12. The van der Waals surface area contributed by atoms with E-state index in [0.717, 1.165) is 17.7 Å². The Balaban J connectivity index is 1.92. The fourth-order valence-electron chi connectivity index (χ4n) is 4.13. The number of hydrogen-bond acceptors (Lipinski definition) is 3. The Morgan fingerprint density at radius 1 is 1.13 bits per heavy atom. The third-order valence-electron chi connectivity index (χ3n) is 5.65. The van der Waals surface area contributed by atoms with Gasteiger partial charge in [-0.1, -0.05) is 36.4 Å². The summed E-state index contributed by atoms with van der Waals surface area (Å²) in [5, 5.41) is 9.75. The van der Waals surface area contributed by atoms with Crippen LogP contribution in [0, 0.1) is 23.0 Å². The van der Waals surface area contributed by atoms with Crippen molar-refractivity contribution in [2.45, 2.75) is 12.8 Å². The molecule has 2 atom stereocenters. The Morgan fingerprint density at radius 3 is 2.50 bits per heavy atom. The van der Waals surface area contributed by atoms with Crippen molar-refractivity contribution in [3.8, 4) is 6.07 Å². The monoisotopic (exact) mass is 406 g/mol. The second kappa shape index (κ2) is 8.13. The summed E-state index contributed by atoms with van der Waals surface area (Å²) in [5.74, 6) is -0.895. The molecule has 2 aliphatic heterocycles. The first kappa shape index (κ1) is 19.9. The molecule has 0 spiro atoms. The first-order valence-electron chi connectivity index (χ1n) is 9.87. The van der Waals surface area contributed by atoms with Crippen LogP contribution in [0.3, 0.4) is 0 Å². The van der Waals surface area contributed by atoms with Crippen molar-refractivity contribution in [3.63, 3.8) is 0 Å².